The maximum atomic E-state index is 11.0. The molecule has 19 heavy (non-hydrogen) atoms. The van der Waals surface area contributed by atoms with Crippen molar-refractivity contribution in [3.63, 3.8) is 0 Å². The van der Waals surface area contributed by atoms with Crippen LogP contribution in [0.15, 0.2) is 40.9 Å². The molecular formula is C13H10BrClN2O2. The van der Waals surface area contributed by atoms with E-state index in [1.165, 1.54) is 6.07 Å². The molecule has 0 aliphatic heterocycles. The van der Waals surface area contributed by atoms with Gasteiger partial charge in [-0.05, 0) is 52.3 Å². The van der Waals surface area contributed by atoms with Gasteiger partial charge in [0.15, 0.2) is 0 Å². The number of anilines is 3. The lowest BCUT2D eigenvalue weighted by atomic mass is 10.1. The van der Waals surface area contributed by atoms with Gasteiger partial charge in [-0.25, -0.2) is 4.79 Å². The Morgan fingerprint density at radius 1 is 1.21 bits per heavy atom. The zero-order valence-electron chi connectivity index (χ0n) is 9.65. The van der Waals surface area contributed by atoms with E-state index in [0.717, 1.165) is 10.2 Å². The Morgan fingerprint density at radius 2 is 1.84 bits per heavy atom. The van der Waals surface area contributed by atoms with E-state index in [1.807, 2.05) is 6.07 Å². The van der Waals surface area contributed by atoms with Crippen molar-refractivity contribution in [1.82, 2.24) is 0 Å². The molecule has 4 nitrogen and oxygen atoms in total. The van der Waals surface area contributed by atoms with E-state index in [4.69, 9.17) is 22.4 Å². The number of nitrogen functional groups attached to an aromatic ring is 1. The van der Waals surface area contributed by atoms with Gasteiger partial charge < -0.3 is 16.2 Å². The van der Waals surface area contributed by atoms with Gasteiger partial charge in [0.2, 0.25) is 0 Å². The standard InChI is InChI=1S/C13H10BrClN2O2/c14-10-3-1-8(6-11(10)15)17-7-2-4-12(16)9(5-7)13(18)19/h1-6,17H,16H2,(H,18,19). The summed E-state index contributed by atoms with van der Waals surface area (Å²) in [6, 6.07) is 10.1. The Hall–Kier alpha value is -1.72. The van der Waals surface area contributed by atoms with Gasteiger partial charge in [0.1, 0.15) is 0 Å². The Kier molecular flexibility index (Phi) is 3.97. The molecule has 0 aliphatic rings. The van der Waals surface area contributed by atoms with Gasteiger partial charge in [-0.3, -0.25) is 0 Å². The number of rotatable bonds is 3. The van der Waals surface area contributed by atoms with E-state index in [0.29, 0.717) is 10.7 Å². The second-order valence-corrected chi connectivity index (χ2v) is 5.12. The average molecular weight is 342 g/mol. The van der Waals surface area contributed by atoms with Gasteiger partial charge in [-0.15, -0.1) is 0 Å². The number of carboxylic acid groups (broad SMARTS) is 1. The van der Waals surface area contributed by atoms with Crippen molar-refractivity contribution < 1.29 is 9.90 Å². The molecule has 98 valence electrons. The predicted molar refractivity (Wildman–Crippen MR) is 80.2 cm³/mol. The third-order valence-corrected chi connectivity index (χ3v) is 3.72. The highest BCUT2D eigenvalue weighted by Gasteiger charge is 2.09. The van der Waals surface area contributed by atoms with E-state index >= 15 is 0 Å². The molecule has 0 saturated carbocycles. The molecule has 0 unspecified atom stereocenters. The maximum absolute atomic E-state index is 11.0. The summed E-state index contributed by atoms with van der Waals surface area (Å²) in [4.78, 5) is 11.0. The lowest BCUT2D eigenvalue weighted by Crippen LogP contribution is -2.03. The molecule has 0 fully saturated rings. The highest BCUT2D eigenvalue weighted by Crippen LogP contribution is 2.28. The van der Waals surface area contributed by atoms with Gasteiger partial charge in [-0.2, -0.15) is 0 Å². The summed E-state index contributed by atoms with van der Waals surface area (Å²) in [5.41, 5.74) is 7.27. The Morgan fingerprint density at radius 3 is 2.47 bits per heavy atom. The molecule has 0 spiro atoms. The number of hydrogen-bond donors (Lipinski definition) is 3. The number of aromatic carboxylic acids is 1. The number of halogens is 2. The first-order valence-corrected chi connectivity index (χ1v) is 6.49. The molecule has 2 rings (SSSR count). The van der Waals surface area contributed by atoms with Crippen molar-refractivity contribution in [2.24, 2.45) is 0 Å². The largest absolute Gasteiger partial charge is 0.478 e. The monoisotopic (exact) mass is 340 g/mol. The van der Waals surface area contributed by atoms with Crippen LogP contribution in [-0.2, 0) is 0 Å². The minimum atomic E-state index is -1.06. The fraction of sp³-hybridized carbons (Fsp3) is 0. The molecule has 6 heteroatoms. The van der Waals surface area contributed by atoms with Crippen LogP contribution in [0.3, 0.4) is 0 Å². The van der Waals surface area contributed by atoms with Crippen LogP contribution in [0, 0.1) is 0 Å². The summed E-state index contributed by atoms with van der Waals surface area (Å²) in [5.74, 6) is -1.06. The second-order valence-electron chi connectivity index (χ2n) is 3.86. The van der Waals surface area contributed by atoms with Crippen LogP contribution in [0.25, 0.3) is 0 Å². The molecule has 0 atom stereocenters. The van der Waals surface area contributed by atoms with E-state index in [1.54, 1.807) is 24.3 Å². The fourth-order valence-electron chi connectivity index (χ4n) is 1.56. The van der Waals surface area contributed by atoms with Gasteiger partial charge in [0, 0.05) is 21.5 Å². The fourth-order valence-corrected chi connectivity index (χ4v) is 1.99. The van der Waals surface area contributed by atoms with Crippen molar-refractivity contribution in [3.05, 3.63) is 51.5 Å². The van der Waals surface area contributed by atoms with Crippen LogP contribution in [0.1, 0.15) is 10.4 Å². The summed E-state index contributed by atoms with van der Waals surface area (Å²) in [6.45, 7) is 0. The summed E-state index contributed by atoms with van der Waals surface area (Å²) < 4.78 is 0.795. The third-order valence-electron chi connectivity index (χ3n) is 2.49. The number of carboxylic acids is 1. The first-order valence-electron chi connectivity index (χ1n) is 5.32. The number of benzene rings is 2. The maximum Gasteiger partial charge on any atom is 0.337 e. The highest BCUT2D eigenvalue weighted by atomic mass is 79.9. The second kappa shape index (κ2) is 5.50. The van der Waals surface area contributed by atoms with Crippen molar-refractivity contribution in [2.45, 2.75) is 0 Å². The average Bonchev–Trinajstić information content (AvgIpc) is 2.36. The number of hydrogen-bond acceptors (Lipinski definition) is 3. The smallest absolute Gasteiger partial charge is 0.337 e. The lowest BCUT2D eigenvalue weighted by molar-refractivity contribution is 0.0698. The molecule has 0 aromatic heterocycles. The van der Waals surface area contributed by atoms with Gasteiger partial charge in [0.05, 0.1) is 10.6 Å². The highest BCUT2D eigenvalue weighted by molar-refractivity contribution is 9.10. The molecule has 0 heterocycles. The predicted octanol–water partition coefficient (Wildman–Crippen LogP) is 4.13. The quantitative estimate of drug-likeness (QED) is 0.734. The molecule has 2 aromatic rings. The zero-order chi connectivity index (χ0) is 14.0. The molecule has 2 aromatic carbocycles. The topological polar surface area (TPSA) is 75.3 Å². The van der Waals surface area contributed by atoms with Crippen LogP contribution < -0.4 is 11.1 Å². The van der Waals surface area contributed by atoms with Crippen LogP contribution >= 0.6 is 27.5 Å². The molecule has 0 aliphatic carbocycles. The molecule has 4 N–H and O–H groups in total. The van der Waals surface area contributed by atoms with Gasteiger partial charge in [-0.1, -0.05) is 11.6 Å². The summed E-state index contributed by atoms with van der Waals surface area (Å²) in [5, 5.41) is 12.6. The molecule has 0 amide bonds. The summed E-state index contributed by atoms with van der Waals surface area (Å²) >= 11 is 9.29. The van der Waals surface area contributed by atoms with Crippen molar-refractivity contribution in [2.75, 3.05) is 11.1 Å². The van der Waals surface area contributed by atoms with Crippen LogP contribution in [0.2, 0.25) is 5.02 Å². The zero-order valence-corrected chi connectivity index (χ0v) is 12.0. The molecule has 0 radical (unpaired) electrons. The lowest BCUT2D eigenvalue weighted by Gasteiger charge is -2.09. The normalized spacial score (nSPS) is 10.2. The minimum Gasteiger partial charge on any atom is -0.478 e. The molecular weight excluding hydrogens is 332 g/mol. The van der Waals surface area contributed by atoms with E-state index < -0.39 is 5.97 Å². The minimum absolute atomic E-state index is 0.0632. The van der Waals surface area contributed by atoms with Crippen LogP contribution in [-0.4, -0.2) is 11.1 Å². The van der Waals surface area contributed by atoms with Crippen molar-refractivity contribution in [1.29, 1.82) is 0 Å². The number of nitrogens with one attached hydrogen (secondary N) is 1. The van der Waals surface area contributed by atoms with E-state index in [9.17, 15) is 4.79 Å². The Bertz CT molecular complexity index is 647. The van der Waals surface area contributed by atoms with Crippen molar-refractivity contribution >= 4 is 50.6 Å². The summed E-state index contributed by atoms with van der Waals surface area (Å²) in [7, 11) is 0. The van der Waals surface area contributed by atoms with Gasteiger partial charge in [0.25, 0.3) is 0 Å². The number of carbonyl (C=O) groups is 1. The SMILES string of the molecule is Nc1ccc(Nc2ccc(Br)c(Cl)c2)cc1C(=O)O. The number of nitrogens with two attached hydrogens (primary N) is 1. The Labute approximate surface area is 123 Å². The third kappa shape index (κ3) is 3.19. The van der Waals surface area contributed by atoms with Crippen molar-refractivity contribution in [3.8, 4) is 0 Å². The molecule has 0 saturated heterocycles. The summed E-state index contributed by atoms with van der Waals surface area (Å²) in [6.07, 6.45) is 0. The van der Waals surface area contributed by atoms with Crippen LogP contribution in [0.5, 0.6) is 0 Å². The first-order chi connectivity index (χ1) is 8.97. The Balaban J connectivity index is 2.30. The molecule has 0 bridgehead atoms. The van der Waals surface area contributed by atoms with Gasteiger partial charge >= 0.3 is 5.97 Å². The van der Waals surface area contributed by atoms with E-state index in [-0.39, 0.29) is 11.3 Å². The van der Waals surface area contributed by atoms with E-state index in [2.05, 4.69) is 21.2 Å². The first kappa shape index (κ1) is 13.7. The van der Waals surface area contributed by atoms with Crippen LogP contribution in [0.4, 0.5) is 17.1 Å².